The van der Waals surface area contributed by atoms with E-state index >= 15 is 0 Å². The van der Waals surface area contributed by atoms with Crippen molar-refractivity contribution in [2.45, 2.75) is 58.0 Å². The van der Waals surface area contributed by atoms with Crippen molar-refractivity contribution in [3.05, 3.63) is 0 Å². The van der Waals surface area contributed by atoms with E-state index in [4.69, 9.17) is 0 Å². The van der Waals surface area contributed by atoms with Crippen LogP contribution in [0.25, 0.3) is 0 Å². The quantitative estimate of drug-likeness (QED) is 0.769. The lowest BCUT2D eigenvalue weighted by atomic mass is 9.87. The van der Waals surface area contributed by atoms with Crippen molar-refractivity contribution in [2.75, 3.05) is 13.1 Å². The average Bonchev–Trinajstić information content (AvgIpc) is 2.75. The summed E-state index contributed by atoms with van der Waals surface area (Å²) in [6.07, 6.45) is 3.27. The molecule has 0 aromatic carbocycles. The summed E-state index contributed by atoms with van der Waals surface area (Å²) in [5, 5.41) is 9.45. The van der Waals surface area contributed by atoms with Gasteiger partial charge in [0.05, 0.1) is 12.5 Å². The van der Waals surface area contributed by atoms with Gasteiger partial charge in [0.1, 0.15) is 6.04 Å². The molecule has 0 saturated carbocycles. The largest absolute Gasteiger partial charge is 0.480 e. The van der Waals surface area contributed by atoms with Crippen molar-refractivity contribution in [3.8, 4) is 0 Å². The van der Waals surface area contributed by atoms with E-state index in [9.17, 15) is 19.5 Å². The first kappa shape index (κ1) is 15.9. The minimum Gasteiger partial charge on any atom is -0.480 e. The van der Waals surface area contributed by atoms with E-state index in [2.05, 4.69) is 6.92 Å². The SMILES string of the molecule is CCCN1C(=O)CC(N2CCC(CC)CC2C(=O)O)C1=O. The highest BCUT2D eigenvalue weighted by Gasteiger charge is 2.46. The van der Waals surface area contributed by atoms with Gasteiger partial charge in [-0.25, -0.2) is 0 Å². The summed E-state index contributed by atoms with van der Waals surface area (Å²) >= 11 is 0. The molecule has 6 heteroatoms. The van der Waals surface area contributed by atoms with Crippen LogP contribution in [0.15, 0.2) is 0 Å². The Bertz CT molecular complexity index is 437. The lowest BCUT2D eigenvalue weighted by Gasteiger charge is -2.39. The molecule has 0 bridgehead atoms. The van der Waals surface area contributed by atoms with Gasteiger partial charge >= 0.3 is 5.97 Å². The molecule has 0 aromatic heterocycles. The van der Waals surface area contributed by atoms with E-state index in [1.165, 1.54) is 4.90 Å². The Kier molecular flexibility index (Phi) is 4.98. The van der Waals surface area contributed by atoms with Gasteiger partial charge in [0, 0.05) is 13.1 Å². The van der Waals surface area contributed by atoms with Crippen LogP contribution in [-0.2, 0) is 14.4 Å². The first-order chi connectivity index (χ1) is 9.99. The zero-order valence-electron chi connectivity index (χ0n) is 12.7. The number of piperidine rings is 1. The number of imide groups is 1. The third-order valence-electron chi connectivity index (χ3n) is 4.68. The van der Waals surface area contributed by atoms with Crippen molar-refractivity contribution < 1.29 is 19.5 Å². The molecule has 0 aliphatic carbocycles. The van der Waals surface area contributed by atoms with Crippen molar-refractivity contribution in [2.24, 2.45) is 5.92 Å². The molecule has 2 aliphatic heterocycles. The standard InChI is InChI=1S/C15H24N2O4/c1-3-6-17-13(18)9-11(14(17)19)16-7-5-10(4-2)8-12(16)15(20)21/h10-12H,3-9H2,1-2H3,(H,20,21). The van der Waals surface area contributed by atoms with Crippen LogP contribution in [0.3, 0.4) is 0 Å². The van der Waals surface area contributed by atoms with Gasteiger partial charge in [-0.3, -0.25) is 24.2 Å². The number of hydrogen-bond donors (Lipinski definition) is 1. The maximum Gasteiger partial charge on any atom is 0.320 e. The second kappa shape index (κ2) is 6.56. The van der Waals surface area contributed by atoms with Gasteiger partial charge in [0.15, 0.2) is 0 Å². The zero-order valence-corrected chi connectivity index (χ0v) is 12.7. The van der Waals surface area contributed by atoms with Crippen LogP contribution < -0.4 is 0 Å². The Hall–Kier alpha value is -1.43. The van der Waals surface area contributed by atoms with Crippen LogP contribution in [-0.4, -0.2) is 57.9 Å². The summed E-state index contributed by atoms with van der Waals surface area (Å²) in [7, 11) is 0. The fraction of sp³-hybridized carbons (Fsp3) is 0.800. The number of carbonyl (C=O) groups is 3. The Morgan fingerprint density at radius 3 is 2.62 bits per heavy atom. The summed E-state index contributed by atoms with van der Waals surface area (Å²) < 4.78 is 0. The van der Waals surface area contributed by atoms with Gasteiger partial charge in [0.25, 0.3) is 0 Å². The van der Waals surface area contributed by atoms with Crippen LogP contribution in [0, 0.1) is 5.92 Å². The fourth-order valence-corrected chi connectivity index (χ4v) is 3.43. The maximum absolute atomic E-state index is 12.4. The Labute approximate surface area is 125 Å². The number of likely N-dealkylation sites (tertiary alicyclic amines) is 2. The highest BCUT2D eigenvalue weighted by molar-refractivity contribution is 6.05. The second-order valence-electron chi connectivity index (χ2n) is 5.99. The molecule has 0 aromatic rings. The van der Waals surface area contributed by atoms with Crippen molar-refractivity contribution in [3.63, 3.8) is 0 Å². The Balaban J connectivity index is 2.14. The van der Waals surface area contributed by atoms with Crippen LogP contribution in [0.2, 0.25) is 0 Å². The number of carbonyl (C=O) groups excluding carboxylic acids is 2. The molecule has 118 valence electrons. The lowest BCUT2D eigenvalue weighted by molar-refractivity contribution is -0.148. The fourth-order valence-electron chi connectivity index (χ4n) is 3.43. The molecule has 3 atom stereocenters. The first-order valence-electron chi connectivity index (χ1n) is 7.82. The van der Waals surface area contributed by atoms with E-state index in [0.717, 1.165) is 19.3 Å². The van der Waals surface area contributed by atoms with Gasteiger partial charge in [-0.05, 0) is 25.2 Å². The van der Waals surface area contributed by atoms with E-state index < -0.39 is 18.1 Å². The molecule has 1 N–H and O–H groups in total. The molecule has 2 saturated heterocycles. The number of nitrogens with zero attached hydrogens (tertiary/aromatic N) is 2. The summed E-state index contributed by atoms with van der Waals surface area (Å²) in [6.45, 7) is 4.99. The summed E-state index contributed by atoms with van der Waals surface area (Å²) in [6, 6.07) is -1.23. The number of aliphatic carboxylic acids is 1. The Morgan fingerprint density at radius 2 is 2.05 bits per heavy atom. The van der Waals surface area contributed by atoms with Crippen LogP contribution in [0.5, 0.6) is 0 Å². The zero-order chi connectivity index (χ0) is 15.6. The van der Waals surface area contributed by atoms with Crippen LogP contribution in [0.1, 0.15) is 46.0 Å². The molecule has 6 nitrogen and oxygen atoms in total. The maximum atomic E-state index is 12.4. The lowest BCUT2D eigenvalue weighted by Crippen LogP contribution is -2.54. The Morgan fingerprint density at radius 1 is 1.33 bits per heavy atom. The average molecular weight is 296 g/mol. The topological polar surface area (TPSA) is 77.9 Å². The molecule has 0 spiro atoms. The molecule has 2 heterocycles. The number of carboxylic acid groups (broad SMARTS) is 1. The van der Waals surface area contributed by atoms with Crippen molar-refractivity contribution >= 4 is 17.8 Å². The predicted octanol–water partition coefficient (Wildman–Crippen LogP) is 1.10. The molecular weight excluding hydrogens is 272 g/mol. The molecule has 0 radical (unpaired) electrons. The van der Waals surface area contributed by atoms with Crippen molar-refractivity contribution in [1.29, 1.82) is 0 Å². The summed E-state index contributed by atoms with van der Waals surface area (Å²) in [4.78, 5) is 38.9. The molecule has 2 fully saturated rings. The van der Waals surface area contributed by atoms with E-state index in [1.807, 2.05) is 6.92 Å². The monoisotopic (exact) mass is 296 g/mol. The van der Waals surface area contributed by atoms with Gasteiger partial charge in [-0.2, -0.15) is 0 Å². The number of rotatable bonds is 5. The number of hydrogen-bond acceptors (Lipinski definition) is 4. The summed E-state index contributed by atoms with van der Waals surface area (Å²) in [5.41, 5.74) is 0. The third kappa shape index (κ3) is 3.10. The van der Waals surface area contributed by atoms with E-state index in [1.54, 1.807) is 4.90 Å². The van der Waals surface area contributed by atoms with E-state index in [-0.39, 0.29) is 18.2 Å². The summed E-state index contributed by atoms with van der Waals surface area (Å²) in [5.74, 6) is -0.889. The normalized spacial score (nSPS) is 31.0. The van der Waals surface area contributed by atoms with Gasteiger partial charge in [0.2, 0.25) is 11.8 Å². The highest BCUT2D eigenvalue weighted by Crippen LogP contribution is 2.30. The van der Waals surface area contributed by atoms with Crippen molar-refractivity contribution in [1.82, 2.24) is 9.80 Å². The minimum atomic E-state index is -0.887. The third-order valence-corrected chi connectivity index (χ3v) is 4.68. The molecule has 2 aliphatic rings. The number of amides is 2. The minimum absolute atomic E-state index is 0.124. The van der Waals surface area contributed by atoms with E-state index in [0.29, 0.717) is 25.4 Å². The second-order valence-corrected chi connectivity index (χ2v) is 5.99. The van der Waals surface area contributed by atoms with Gasteiger partial charge in [-0.15, -0.1) is 0 Å². The van der Waals surface area contributed by atoms with Gasteiger partial charge < -0.3 is 5.11 Å². The smallest absolute Gasteiger partial charge is 0.320 e. The molecule has 2 rings (SSSR count). The number of carboxylic acids is 1. The highest BCUT2D eigenvalue weighted by atomic mass is 16.4. The molecular formula is C15H24N2O4. The predicted molar refractivity (Wildman–Crippen MR) is 76.6 cm³/mol. The van der Waals surface area contributed by atoms with Gasteiger partial charge in [-0.1, -0.05) is 20.3 Å². The van der Waals surface area contributed by atoms with Crippen LogP contribution in [0.4, 0.5) is 0 Å². The molecule has 2 amide bonds. The molecule has 21 heavy (non-hydrogen) atoms. The molecule has 3 unspecified atom stereocenters. The first-order valence-corrected chi connectivity index (χ1v) is 7.82. The van der Waals surface area contributed by atoms with Crippen LogP contribution >= 0.6 is 0 Å².